The van der Waals surface area contributed by atoms with Crippen LogP contribution in [0.25, 0.3) is 0 Å². The van der Waals surface area contributed by atoms with Crippen LogP contribution in [0.3, 0.4) is 0 Å². The van der Waals surface area contributed by atoms with Crippen LogP contribution in [0.5, 0.6) is 0 Å². The van der Waals surface area contributed by atoms with Crippen LogP contribution in [0.4, 0.5) is 4.79 Å². The Bertz CT molecular complexity index is 542. The van der Waals surface area contributed by atoms with Crippen molar-refractivity contribution in [3.63, 3.8) is 0 Å². The van der Waals surface area contributed by atoms with Gasteiger partial charge in [0.25, 0.3) is 0 Å². The number of amides is 2. The van der Waals surface area contributed by atoms with Crippen molar-refractivity contribution in [2.24, 2.45) is 17.8 Å². The first-order chi connectivity index (χ1) is 11.3. The highest BCUT2D eigenvalue weighted by Gasteiger charge is 2.61. The number of hydrogen-bond acceptors (Lipinski definition) is 5. The van der Waals surface area contributed by atoms with E-state index in [4.69, 9.17) is 14.2 Å². The molecule has 7 heteroatoms. The number of carbonyl (C=O) groups excluding carboxylic acids is 2. The molecule has 0 aromatic heterocycles. The topological polar surface area (TPSA) is 68.3 Å². The van der Waals surface area contributed by atoms with Gasteiger partial charge in [0.05, 0.1) is 39.5 Å². The van der Waals surface area contributed by atoms with Gasteiger partial charge < -0.3 is 24.0 Å². The van der Waals surface area contributed by atoms with Crippen LogP contribution in [0.2, 0.25) is 0 Å². The molecule has 24 heavy (non-hydrogen) atoms. The molecule has 1 aliphatic carbocycles. The first-order valence-electron chi connectivity index (χ1n) is 8.76. The van der Waals surface area contributed by atoms with Crippen molar-refractivity contribution in [3.05, 3.63) is 0 Å². The molecular formula is C17H26N2O5. The summed E-state index contributed by atoms with van der Waals surface area (Å²) in [5.41, 5.74) is -0.915. The second kappa shape index (κ2) is 5.33. The molecule has 3 saturated heterocycles. The van der Waals surface area contributed by atoms with Gasteiger partial charge in [0.2, 0.25) is 5.91 Å². The molecular weight excluding hydrogens is 312 g/mol. The zero-order chi connectivity index (χ0) is 17.1. The fraction of sp³-hybridized carbons (Fsp3) is 0.882. The number of ether oxygens (including phenoxy) is 3. The molecule has 4 rings (SSSR count). The van der Waals surface area contributed by atoms with E-state index in [0.29, 0.717) is 44.6 Å². The van der Waals surface area contributed by atoms with E-state index in [-0.39, 0.29) is 17.9 Å². The SMILES string of the molecule is CC(C)(C)OC(=O)N1CCOC2(C1)CN(C(=O)C1[C@H]3COC[C@@H]13)C2. The summed E-state index contributed by atoms with van der Waals surface area (Å²) in [5.74, 6) is 1.25. The van der Waals surface area contributed by atoms with E-state index < -0.39 is 11.2 Å². The summed E-state index contributed by atoms with van der Waals surface area (Å²) in [4.78, 5) is 28.4. The molecule has 0 aromatic rings. The van der Waals surface area contributed by atoms with E-state index in [9.17, 15) is 9.59 Å². The van der Waals surface area contributed by atoms with Gasteiger partial charge in [-0.2, -0.15) is 0 Å². The van der Waals surface area contributed by atoms with Crippen LogP contribution in [0.15, 0.2) is 0 Å². The smallest absolute Gasteiger partial charge is 0.410 e. The van der Waals surface area contributed by atoms with Gasteiger partial charge in [-0.05, 0) is 32.6 Å². The van der Waals surface area contributed by atoms with Crippen LogP contribution in [0, 0.1) is 17.8 Å². The minimum atomic E-state index is -0.504. The molecule has 1 unspecified atom stereocenters. The minimum Gasteiger partial charge on any atom is -0.444 e. The normalized spacial score (nSPS) is 33.9. The Morgan fingerprint density at radius 2 is 1.71 bits per heavy atom. The monoisotopic (exact) mass is 338 g/mol. The fourth-order valence-corrected chi connectivity index (χ4v) is 4.14. The number of nitrogens with zero attached hydrogens (tertiary/aromatic N) is 2. The summed E-state index contributed by atoms with van der Waals surface area (Å²) in [6, 6.07) is 0. The summed E-state index contributed by atoms with van der Waals surface area (Å²) in [6.07, 6.45) is -0.302. The fourth-order valence-electron chi connectivity index (χ4n) is 4.14. The third-order valence-corrected chi connectivity index (χ3v) is 5.41. The molecule has 0 radical (unpaired) electrons. The van der Waals surface area contributed by atoms with Gasteiger partial charge in [0, 0.05) is 12.5 Å². The van der Waals surface area contributed by atoms with Gasteiger partial charge >= 0.3 is 6.09 Å². The maximum Gasteiger partial charge on any atom is 0.410 e. The zero-order valence-electron chi connectivity index (χ0n) is 14.6. The number of carbonyl (C=O) groups is 2. The van der Waals surface area contributed by atoms with Gasteiger partial charge in [-0.3, -0.25) is 4.79 Å². The molecule has 3 heterocycles. The van der Waals surface area contributed by atoms with Crippen molar-refractivity contribution < 1.29 is 23.8 Å². The molecule has 0 aromatic carbocycles. The van der Waals surface area contributed by atoms with Crippen LogP contribution < -0.4 is 0 Å². The maximum absolute atomic E-state index is 12.5. The third-order valence-electron chi connectivity index (χ3n) is 5.41. The van der Waals surface area contributed by atoms with E-state index in [0.717, 1.165) is 13.2 Å². The molecule has 4 fully saturated rings. The standard InChI is InChI=1S/C17H26N2O5/c1-16(2,3)24-15(21)18-4-5-23-17(8-18)9-19(10-17)14(20)13-11-6-22-7-12(11)13/h11-13H,4-10H2,1-3H3/t11-,12+,13?. The first-order valence-corrected chi connectivity index (χ1v) is 8.76. The quantitative estimate of drug-likeness (QED) is 0.705. The van der Waals surface area contributed by atoms with E-state index in [2.05, 4.69) is 0 Å². The van der Waals surface area contributed by atoms with Crippen LogP contribution in [-0.4, -0.2) is 79.0 Å². The van der Waals surface area contributed by atoms with E-state index in [1.165, 1.54) is 0 Å². The van der Waals surface area contributed by atoms with Crippen LogP contribution >= 0.6 is 0 Å². The Labute approximate surface area is 142 Å². The van der Waals surface area contributed by atoms with Crippen molar-refractivity contribution >= 4 is 12.0 Å². The molecule has 2 amide bonds. The van der Waals surface area contributed by atoms with Gasteiger partial charge in [0.1, 0.15) is 11.2 Å². The summed E-state index contributed by atoms with van der Waals surface area (Å²) >= 11 is 0. The molecule has 4 aliphatic rings. The van der Waals surface area contributed by atoms with Gasteiger partial charge in [-0.1, -0.05) is 0 Å². The number of fused-ring (bicyclic) bond motifs is 1. The van der Waals surface area contributed by atoms with Crippen molar-refractivity contribution in [1.82, 2.24) is 9.80 Å². The highest BCUT2D eigenvalue weighted by molar-refractivity contribution is 5.83. The lowest BCUT2D eigenvalue weighted by Gasteiger charge is -2.53. The van der Waals surface area contributed by atoms with Crippen LogP contribution in [0.1, 0.15) is 20.8 Å². The Kier molecular flexibility index (Phi) is 3.58. The Morgan fingerprint density at radius 1 is 1.08 bits per heavy atom. The average Bonchev–Trinajstić information content (AvgIpc) is 2.94. The maximum atomic E-state index is 12.5. The predicted molar refractivity (Wildman–Crippen MR) is 84.4 cm³/mol. The van der Waals surface area contributed by atoms with Crippen molar-refractivity contribution in [2.45, 2.75) is 32.0 Å². The number of likely N-dealkylation sites (tertiary alicyclic amines) is 1. The molecule has 0 bridgehead atoms. The van der Waals surface area contributed by atoms with Gasteiger partial charge in [-0.15, -0.1) is 0 Å². The molecule has 134 valence electrons. The summed E-state index contributed by atoms with van der Waals surface area (Å²) < 4.78 is 16.7. The summed E-state index contributed by atoms with van der Waals surface area (Å²) in [5, 5.41) is 0. The zero-order valence-corrected chi connectivity index (χ0v) is 14.6. The van der Waals surface area contributed by atoms with Crippen molar-refractivity contribution in [2.75, 3.05) is 46.0 Å². The number of morpholine rings is 1. The van der Waals surface area contributed by atoms with Crippen molar-refractivity contribution in [3.8, 4) is 0 Å². The van der Waals surface area contributed by atoms with Crippen LogP contribution in [-0.2, 0) is 19.0 Å². The third kappa shape index (κ3) is 2.77. The Morgan fingerprint density at radius 3 is 2.33 bits per heavy atom. The molecule has 1 spiro atoms. The Hall–Kier alpha value is -1.34. The second-order valence-electron chi connectivity index (χ2n) is 8.52. The lowest BCUT2D eigenvalue weighted by molar-refractivity contribution is -0.190. The summed E-state index contributed by atoms with van der Waals surface area (Å²) in [7, 11) is 0. The molecule has 3 atom stereocenters. The molecule has 1 saturated carbocycles. The molecule has 3 aliphatic heterocycles. The lowest BCUT2D eigenvalue weighted by Crippen LogP contribution is -2.72. The minimum absolute atomic E-state index is 0.154. The van der Waals surface area contributed by atoms with Gasteiger partial charge in [-0.25, -0.2) is 4.79 Å². The van der Waals surface area contributed by atoms with Gasteiger partial charge in [0.15, 0.2) is 0 Å². The number of rotatable bonds is 1. The molecule has 0 N–H and O–H groups in total. The Balaban J connectivity index is 1.31. The average molecular weight is 338 g/mol. The largest absolute Gasteiger partial charge is 0.444 e. The predicted octanol–water partition coefficient (Wildman–Crippen LogP) is 0.727. The highest BCUT2D eigenvalue weighted by Crippen LogP contribution is 2.52. The molecule has 7 nitrogen and oxygen atoms in total. The number of hydrogen-bond donors (Lipinski definition) is 0. The van der Waals surface area contributed by atoms with E-state index >= 15 is 0 Å². The van der Waals surface area contributed by atoms with E-state index in [1.54, 1.807) is 4.90 Å². The summed E-state index contributed by atoms with van der Waals surface area (Å²) in [6.45, 7) is 9.70. The van der Waals surface area contributed by atoms with Crippen molar-refractivity contribution in [1.29, 1.82) is 0 Å². The second-order valence-corrected chi connectivity index (χ2v) is 8.52. The highest BCUT2D eigenvalue weighted by atomic mass is 16.6. The first kappa shape index (κ1) is 16.1. The lowest BCUT2D eigenvalue weighted by atomic mass is 9.91. The van der Waals surface area contributed by atoms with E-state index in [1.807, 2.05) is 25.7 Å².